The van der Waals surface area contributed by atoms with Gasteiger partial charge in [0.25, 0.3) is 0 Å². The van der Waals surface area contributed by atoms with Crippen molar-refractivity contribution < 1.29 is 4.74 Å². The lowest BCUT2D eigenvalue weighted by Crippen LogP contribution is -1.85. The van der Waals surface area contributed by atoms with Crippen LogP contribution < -0.4 is 4.74 Å². The van der Waals surface area contributed by atoms with Gasteiger partial charge in [0.1, 0.15) is 5.75 Å². The fourth-order valence-electron chi connectivity index (χ4n) is 2.21. The molecule has 0 atom stereocenters. The van der Waals surface area contributed by atoms with Crippen LogP contribution in [0.1, 0.15) is 0 Å². The highest BCUT2D eigenvalue weighted by Crippen LogP contribution is 2.31. The maximum atomic E-state index is 6.17. The molecule has 1 heterocycles. The van der Waals surface area contributed by atoms with Gasteiger partial charge in [0.05, 0.1) is 23.5 Å². The molecule has 0 unspecified atom stereocenters. The van der Waals surface area contributed by atoms with E-state index in [9.17, 15) is 0 Å². The lowest BCUT2D eigenvalue weighted by molar-refractivity contribution is 0.415. The Morgan fingerprint density at radius 3 is 2.41 bits per heavy atom. The fourth-order valence-corrected chi connectivity index (χ4v) is 2.88. The van der Waals surface area contributed by atoms with E-state index < -0.39 is 0 Å². The van der Waals surface area contributed by atoms with E-state index in [1.807, 2.05) is 24.3 Å². The van der Waals surface area contributed by atoms with Gasteiger partial charge in [0.15, 0.2) is 0 Å². The average molecular weight is 331 g/mol. The van der Waals surface area contributed by atoms with E-state index in [1.165, 1.54) is 4.90 Å². The molecule has 22 heavy (non-hydrogen) atoms. The zero-order valence-corrected chi connectivity index (χ0v) is 13.8. The number of hydrogen-bond donors (Lipinski definition) is 1. The third-order valence-electron chi connectivity index (χ3n) is 3.43. The molecule has 3 nitrogen and oxygen atoms in total. The summed E-state index contributed by atoms with van der Waals surface area (Å²) in [4.78, 5) is 1.24. The highest BCUT2D eigenvalue weighted by molar-refractivity contribution is 7.98. The minimum atomic E-state index is 0.578. The molecule has 0 amide bonds. The van der Waals surface area contributed by atoms with Crippen LogP contribution in [-0.4, -0.2) is 23.6 Å². The number of nitrogens with one attached hydrogen (secondary N) is 1. The second kappa shape index (κ2) is 6.46. The topological polar surface area (TPSA) is 37.9 Å². The monoisotopic (exact) mass is 330 g/mol. The molecule has 0 spiro atoms. The van der Waals surface area contributed by atoms with Crippen molar-refractivity contribution in [2.24, 2.45) is 0 Å². The maximum Gasteiger partial charge on any atom is 0.137 e. The number of H-pyrrole nitrogens is 1. The van der Waals surface area contributed by atoms with Gasteiger partial charge in [0, 0.05) is 10.5 Å². The quantitative estimate of drug-likeness (QED) is 0.674. The molecule has 1 aromatic heterocycles. The van der Waals surface area contributed by atoms with E-state index in [0.717, 1.165) is 22.5 Å². The largest absolute Gasteiger partial charge is 0.495 e. The smallest absolute Gasteiger partial charge is 0.137 e. The van der Waals surface area contributed by atoms with Crippen LogP contribution in [0.4, 0.5) is 0 Å². The maximum absolute atomic E-state index is 6.17. The summed E-state index contributed by atoms with van der Waals surface area (Å²) < 4.78 is 5.17. The Morgan fingerprint density at radius 2 is 1.77 bits per heavy atom. The number of ether oxygens (including phenoxy) is 1. The molecule has 0 bridgehead atoms. The molecule has 5 heteroatoms. The summed E-state index contributed by atoms with van der Waals surface area (Å²) in [6, 6.07) is 16.0. The van der Waals surface area contributed by atoms with Crippen molar-refractivity contribution in [1.29, 1.82) is 0 Å². The van der Waals surface area contributed by atoms with Gasteiger partial charge >= 0.3 is 0 Å². The Hall–Kier alpha value is -1.91. The molecule has 1 N–H and O–H groups in total. The molecule has 0 aliphatic rings. The second-order valence-corrected chi connectivity index (χ2v) is 6.03. The number of hydrogen-bond acceptors (Lipinski definition) is 3. The van der Waals surface area contributed by atoms with Gasteiger partial charge in [-0.1, -0.05) is 23.7 Å². The van der Waals surface area contributed by atoms with Crippen molar-refractivity contribution >= 4 is 23.4 Å². The molecular formula is C17H15ClN2OS. The number of rotatable bonds is 4. The lowest BCUT2D eigenvalue weighted by Gasteiger charge is -2.03. The predicted octanol–water partition coefficient (Wildman–Crippen LogP) is 5.13. The SMILES string of the molecule is COc1ccc(-c2cc(-c3ccc(SC)cc3)[nH]n2)cc1Cl. The third kappa shape index (κ3) is 2.98. The highest BCUT2D eigenvalue weighted by Gasteiger charge is 2.08. The number of halogens is 1. The van der Waals surface area contributed by atoms with Crippen LogP contribution in [0.2, 0.25) is 5.02 Å². The van der Waals surface area contributed by atoms with Crippen LogP contribution in [0.3, 0.4) is 0 Å². The Labute approximate surface area is 138 Å². The summed E-state index contributed by atoms with van der Waals surface area (Å²) in [6.07, 6.45) is 2.07. The van der Waals surface area contributed by atoms with Crippen LogP contribution in [0.5, 0.6) is 5.75 Å². The van der Waals surface area contributed by atoms with Gasteiger partial charge in [-0.2, -0.15) is 5.10 Å². The average Bonchev–Trinajstić information content (AvgIpc) is 3.05. The van der Waals surface area contributed by atoms with Crippen molar-refractivity contribution in [2.45, 2.75) is 4.90 Å². The molecule has 112 valence electrons. The van der Waals surface area contributed by atoms with E-state index in [4.69, 9.17) is 16.3 Å². The number of benzene rings is 2. The van der Waals surface area contributed by atoms with Gasteiger partial charge in [-0.15, -0.1) is 11.8 Å². The first-order valence-corrected chi connectivity index (χ1v) is 8.35. The Bertz CT molecular complexity index is 784. The highest BCUT2D eigenvalue weighted by atomic mass is 35.5. The number of thioether (sulfide) groups is 1. The zero-order valence-electron chi connectivity index (χ0n) is 12.3. The molecule has 0 radical (unpaired) electrons. The second-order valence-electron chi connectivity index (χ2n) is 4.74. The molecule has 0 aliphatic carbocycles. The van der Waals surface area contributed by atoms with Gasteiger partial charge in [0.2, 0.25) is 0 Å². The van der Waals surface area contributed by atoms with E-state index >= 15 is 0 Å². The summed E-state index contributed by atoms with van der Waals surface area (Å²) in [6.45, 7) is 0. The van der Waals surface area contributed by atoms with Crippen LogP contribution in [-0.2, 0) is 0 Å². The molecular weight excluding hydrogens is 316 g/mol. The third-order valence-corrected chi connectivity index (χ3v) is 4.47. The Morgan fingerprint density at radius 1 is 1.05 bits per heavy atom. The number of aromatic amines is 1. The molecule has 0 fully saturated rings. The molecule has 0 saturated carbocycles. The fraction of sp³-hybridized carbons (Fsp3) is 0.118. The summed E-state index contributed by atoms with van der Waals surface area (Å²) >= 11 is 7.90. The van der Waals surface area contributed by atoms with E-state index in [0.29, 0.717) is 10.8 Å². The van der Waals surface area contributed by atoms with Gasteiger partial charge in [-0.05, 0) is 48.2 Å². The first kappa shape index (κ1) is 15.0. The standard InChI is InChI=1S/C17H15ClN2OS/c1-21-17-8-5-12(9-14(17)18)16-10-15(19-20-16)11-3-6-13(22-2)7-4-11/h3-10H,1-2H3,(H,19,20). The number of nitrogens with zero attached hydrogens (tertiary/aromatic N) is 1. The van der Waals surface area contributed by atoms with Gasteiger partial charge in [-0.3, -0.25) is 5.10 Å². The van der Waals surface area contributed by atoms with Gasteiger partial charge in [-0.25, -0.2) is 0 Å². The van der Waals surface area contributed by atoms with Crippen molar-refractivity contribution in [3.8, 4) is 28.3 Å². The Kier molecular flexibility index (Phi) is 4.41. The normalized spacial score (nSPS) is 10.7. The summed E-state index contributed by atoms with van der Waals surface area (Å²) in [5.41, 5.74) is 3.90. The molecule has 3 aromatic rings. The lowest BCUT2D eigenvalue weighted by atomic mass is 10.1. The van der Waals surface area contributed by atoms with E-state index in [2.05, 4.69) is 40.7 Å². The van der Waals surface area contributed by atoms with Crippen LogP contribution in [0.15, 0.2) is 53.4 Å². The van der Waals surface area contributed by atoms with Crippen molar-refractivity contribution in [3.63, 3.8) is 0 Å². The molecule has 2 aromatic carbocycles. The Balaban J connectivity index is 1.91. The minimum absolute atomic E-state index is 0.578. The summed E-state index contributed by atoms with van der Waals surface area (Å²) in [5, 5.41) is 8.02. The van der Waals surface area contributed by atoms with Crippen molar-refractivity contribution in [3.05, 3.63) is 53.6 Å². The van der Waals surface area contributed by atoms with Crippen LogP contribution >= 0.6 is 23.4 Å². The summed E-state index contributed by atoms with van der Waals surface area (Å²) in [5.74, 6) is 0.661. The summed E-state index contributed by atoms with van der Waals surface area (Å²) in [7, 11) is 1.60. The number of methoxy groups -OCH3 is 1. The zero-order chi connectivity index (χ0) is 15.5. The first-order valence-electron chi connectivity index (χ1n) is 6.75. The van der Waals surface area contributed by atoms with Crippen LogP contribution in [0, 0.1) is 0 Å². The predicted molar refractivity (Wildman–Crippen MR) is 92.8 cm³/mol. The van der Waals surface area contributed by atoms with Crippen molar-refractivity contribution in [1.82, 2.24) is 10.2 Å². The molecule has 3 rings (SSSR count). The van der Waals surface area contributed by atoms with E-state index in [1.54, 1.807) is 18.9 Å². The van der Waals surface area contributed by atoms with Gasteiger partial charge < -0.3 is 4.74 Å². The number of aromatic nitrogens is 2. The van der Waals surface area contributed by atoms with Crippen LogP contribution in [0.25, 0.3) is 22.5 Å². The molecule has 0 saturated heterocycles. The van der Waals surface area contributed by atoms with E-state index in [-0.39, 0.29) is 0 Å². The first-order chi connectivity index (χ1) is 10.7. The van der Waals surface area contributed by atoms with Crippen molar-refractivity contribution in [2.75, 3.05) is 13.4 Å². The molecule has 0 aliphatic heterocycles. The minimum Gasteiger partial charge on any atom is -0.495 e.